The number of rotatable bonds is 4. The lowest BCUT2D eigenvalue weighted by atomic mass is 9.87. The quantitative estimate of drug-likeness (QED) is 0.637. The van der Waals surface area contributed by atoms with Gasteiger partial charge in [-0.3, -0.25) is 9.79 Å². The molecular formula is C20H28N4O2. The molecular weight excluding hydrogens is 328 g/mol. The Morgan fingerprint density at radius 3 is 3.00 bits per heavy atom. The molecule has 1 unspecified atom stereocenters. The minimum absolute atomic E-state index is 0.0291. The Morgan fingerprint density at radius 1 is 1.38 bits per heavy atom. The maximum absolute atomic E-state index is 12.2. The van der Waals surface area contributed by atoms with Crippen LogP contribution in [-0.2, 0) is 11.3 Å². The van der Waals surface area contributed by atoms with Gasteiger partial charge < -0.3 is 20.3 Å². The van der Waals surface area contributed by atoms with Crippen LogP contribution in [0.3, 0.4) is 0 Å². The molecule has 4 rings (SSSR count). The van der Waals surface area contributed by atoms with E-state index < -0.39 is 0 Å². The number of guanidine groups is 1. The predicted molar refractivity (Wildman–Crippen MR) is 101 cm³/mol. The van der Waals surface area contributed by atoms with Crippen molar-refractivity contribution in [2.45, 2.75) is 38.3 Å². The molecule has 6 nitrogen and oxygen atoms in total. The number of hydrogen-bond acceptors (Lipinski definition) is 3. The molecule has 0 radical (unpaired) electrons. The Hall–Kier alpha value is -2.08. The van der Waals surface area contributed by atoms with Gasteiger partial charge in [-0.1, -0.05) is 12.1 Å². The van der Waals surface area contributed by atoms with E-state index in [2.05, 4.69) is 20.5 Å². The van der Waals surface area contributed by atoms with Gasteiger partial charge in [-0.05, 0) is 43.4 Å². The number of nitrogens with one attached hydrogen (secondary N) is 2. The van der Waals surface area contributed by atoms with Crippen molar-refractivity contribution in [2.75, 3.05) is 33.4 Å². The number of carbonyl (C=O) groups excluding carboxylic acids is 1. The van der Waals surface area contributed by atoms with Crippen molar-refractivity contribution in [1.29, 1.82) is 0 Å². The van der Waals surface area contributed by atoms with E-state index in [1.165, 1.54) is 6.42 Å². The third-order valence-electron chi connectivity index (χ3n) is 5.69. The molecule has 6 heteroatoms. The highest BCUT2D eigenvalue weighted by molar-refractivity contribution is 5.94. The third kappa shape index (κ3) is 3.85. The maximum atomic E-state index is 12.2. The summed E-state index contributed by atoms with van der Waals surface area (Å²) in [6, 6.07) is 8.21. The number of amides is 1. The zero-order chi connectivity index (χ0) is 18.0. The van der Waals surface area contributed by atoms with Gasteiger partial charge in [0.2, 0.25) is 0 Å². The molecule has 1 atom stereocenters. The molecule has 0 bridgehead atoms. The highest BCUT2D eigenvalue weighted by atomic mass is 16.5. The average molecular weight is 356 g/mol. The number of aliphatic imine (C=N–C) groups is 1. The summed E-state index contributed by atoms with van der Waals surface area (Å²) in [5.74, 6) is 0.961. The summed E-state index contributed by atoms with van der Waals surface area (Å²) in [5.41, 5.74) is 2.14. The molecule has 1 aromatic carbocycles. The topological polar surface area (TPSA) is 66.0 Å². The smallest absolute Gasteiger partial charge is 0.251 e. The fraction of sp³-hybridized carbons (Fsp3) is 0.600. The first kappa shape index (κ1) is 17.3. The standard InChI is InChI=1S/C20H28N4O2/c1-21-19(24-9-7-20(13-24)8-10-26-14-20)22-12-15-3-2-4-16(11-15)18(25)23-17-5-6-17/h2-4,11,17H,5-10,12-14H2,1H3,(H,21,22)(H,23,25). The molecule has 26 heavy (non-hydrogen) atoms. The largest absolute Gasteiger partial charge is 0.381 e. The van der Waals surface area contributed by atoms with Gasteiger partial charge in [0.1, 0.15) is 0 Å². The van der Waals surface area contributed by atoms with E-state index >= 15 is 0 Å². The van der Waals surface area contributed by atoms with Gasteiger partial charge in [0.25, 0.3) is 5.91 Å². The molecule has 3 fully saturated rings. The molecule has 1 aromatic rings. The highest BCUT2D eigenvalue weighted by Gasteiger charge is 2.42. The highest BCUT2D eigenvalue weighted by Crippen LogP contribution is 2.38. The normalized spacial score (nSPS) is 25.7. The van der Waals surface area contributed by atoms with E-state index in [0.717, 1.165) is 62.7 Å². The number of likely N-dealkylation sites (tertiary alicyclic amines) is 1. The molecule has 2 saturated heterocycles. The summed E-state index contributed by atoms with van der Waals surface area (Å²) in [7, 11) is 1.83. The summed E-state index contributed by atoms with van der Waals surface area (Å²) in [6.45, 7) is 4.45. The van der Waals surface area contributed by atoms with Gasteiger partial charge in [0, 0.05) is 50.3 Å². The second-order valence-electron chi connectivity index (χ2n) is 7.82. The molecule has 1 amide bonds. The number of nitrogens with zero attached hydrogens (tertiary/aromatic N) is 2. The van der Waals surface area contributed by atoms with Gasteiger partial charge in [-0.25, -0.2) is 0 Å². The molecule has 2 heterocycles. The lowest BCUT2D eigenvalue weighted by Crippen LogP contribution is -2.41. The number of benzene rings is 1. The first-order chi connectivity index (χ1) is 12.7. The van der Waals surface area contributed by atoms with Crippen LogP contribution in [0.25, 0.3) is 0 Å². The maximum Gasteiger partial charge on any atom is 0.251 e. The van der Waals surface area contributed by atoms with Gasteiger partial charge >= 0.3 is 0 Å². The summed E-state index contributed by atoms with van der Waals surface area (Å²) in [6.07, 6.45) is 4.53. The van der Waals surface area contributed by atoms with Crippen LogP contribution in [0, 0.1) is 5.41 Å². The Balaban J connectivity index is 1.34. The van der Waals surface area contributed by atoms with Crippen molar-refractivity contribution in [3.05, 3.63) is 35.4 Å². The molecule has 3 aliphatic rings. The predicted octanol–water partition coefficient (Wildman–Crippen LogP) is 1.77. The van der Waals surface area contributed by atoms with Crippen molar-refractivity contribution in [3.63, 3.8) is 0 Å². The fourth-order valence-electron chi connectivity index (χ4n) is 3.92. The molecule has 1 spiro atoms. The summed E-state index contributed by atoms with van der Waals surface area (Å²) < 4.78 is 5.62. The van der Waals surface area contributed by atoms with E-state index in [4.69, 9.17) is 4.74 Å². The van der Waals surface area contributed by atoms with E-state index in [0.29, 0.717) is 18.0 Å². The van der Waals surface area contributed by atoms with Crippen LogP contribution < -0.4 is 10.6 Å². The number of hydrogen-bond donors (Lipinski definition) is 2. The fourth-order valence-corrected chi connectivity index (χ4v) is 3.92. The monoisotopic (exact) mass is 356 g/mol. The van der Waals surface area contributed by atoms with Gasteiger partial charge in [-0.2, -0.15) is 0 Å². The van der Waals surface area contributed by atoms with Crippen LogP contribution >= 0.6 is 0 Å². The molecule has 2 aliphatic heterocycles. The van der Waals surface area contributed by atoms with Crippen LogP contribution in [0.4, 0.5) is 0 Å². The first-order valence-corrected chi connectivity index (χ1v) is 9.61. The molecule has 2 N–H and O–H groups in total. The molecule has 1 aliphatic carbocycles. The minimum Gasteiger partial charge on any atom is -0.381 e. The molecule has 0 aromatic heterocycles. The van der Waals surface area contributed by atoms with Crippen LogP contribution in [0.2, 0.25) is 0 Å². The Morgan fingerprint density at radius 2 is 2.27 bits per heavy atom. The van der Waals surface area contributed by atoms with Crippen LogP contribution in [0.5, 0.6) is 0 Å². The van der Waals surface area contributed by atoms with E-state index in [-0.39, 0.29) is 5.91 Å². The second-order valence-corrected chi connectivity index (χ2v) is 7.82. The minimum atomic E-state index is 0.0291. The van der Waals surface area contributed by atoms with Gasteiger partial charge in [0.05, 0.1) is 6.61 Å². The van der Waals surface area contributed by atoms with Crippen molar-refractivity contribution in [2.24, 2.45) is 10.4 Å². The lowest BCUT2D eigenvalue weighted by molar-refractivity contribution is 0.0951. The third-order valence-corrected chi connectivity index (χ3v) is 5.69. The van der Waals surface area contributed by atoms with Crippen LogP contribution in [0.15, 0.2) is 29.3 Å². The Kier molecular flexibility index (Phi) is 4.85. The molecule has 1 saturated carbocycles. The summed E-state index contributed by atoms with van der Waals surface area (Å²) in [4.78, 5) is 19.0. The second kappa shape index (κ2) is 7.27. The SMILES string of the molecule is CN=C(NCc1cccc(C(=O)NC2CC2)c1)N1CCC2(CCOC2)C1. The van der Waals surface area contributed by atoms with Crippen LogP contribution in [-0.4, -0.2) is 56.2 Å². The summed E-state index contributed by atoms with van der Waals surface area (Å²) >= 11 is 0. The Labute approximate surface area is 155 Å². The number of ether oxygens (including phenoxy) is 1. The van der Waals surface area contributed by atoms with Crippen molar-refractivity contribution >= 4 is 11.9 Å². The Bertz CT molecular complexity index is 693. The first-order valence-electron chi connectivity index (χ1n) is 9.61. The lowest BCUT2D eigenvalue weighted by Gasteiger charge is -2.25. The van der Waals surface area contributed by atoms with Crippen LogP contribution in [0.1, 0.15) is 41.6 Å². The van der Waals surface area contributed by atoms with E-state index in [9.17, 15) is 4.79 Å². The van der Waals surface area contributed by atoms with E-state index in [1.54, 1.807) is 0 Å². The van der Waals surface area contributed by atoms with Crippen molar-refractivity contribution in [3.8, 4) is 0 Å². The average Bonchev–Trinajstić information content (AvgIpc) is 3.20. The molecule has 140 valence electrons. The summed E-state index contributed by atoms with van der Waals surface area (Å²) in [5, 5.41) is 6.50. The zero-order valence-electron chi connectivity index (χ0n) is 15.5. The zero-order valence-corrected chi connectivity index (χ0v) is 15.5. The van der Waals surface area contributed by atoms with Crippen molar-refractivity contribution < 1.29 is 9.53 Å². The van der Waals surface area contributed by atoms with Gasteiger partial charge in [-0.15, -0.1) is 0 Å². The van der Waals surface area contributed by atoms with E-state index in [1.807, 2.05) is 31.3 Å². The van der Waals surface area contributed by atoms with Crippen molar-refractivity contribution in [1.82, 2.24) is 15.5 Å². The van der Waals surface area contributed by atoms with Gasteiger partial charge in [0.15, 0.2) is 5.96 Å². The number of carbonyl (C=O) groups is 1.